The van der Waals surface area contributed by atoms with Crippen molar-refractivity contribution in [2.75, 3.05) is 5.32 Å². The van der Waals surface area contributed by atoms with Crippen LogP contribution in [0.15, 0.2) is 78.5 Å². The van der Waals surface area contributed by atoms with Crippen molar-refractivity contribution in [2.45, 2.75) is 13.5 Å². The zero-order valence-electron chi connectivity index (χ0n) is 16.2. The van der Waals surface area contributed by atoms with Gasteiger partial charge < -0.3 is 5.32 Å². The van der Waals surface area contributed by atoms with Crippen LogP contribution in [0.2, 0.25) is 5.02 Å². The van der Waals surface area contributed by atoms with Gasteiger partial charge >= 0.3 is 0 Å². The number of aryl methyl sites for hydroxylation is 1. The smallest absolute Gasteiger partial charge is 0.278 e. The molecule has 6 heteroatoms. The number of anilines is 1. The van der Waals surface area contributed by atoms with Gasteiger partial charge in [0, 0.05) is 16.3 Å². The molecule has 3 aromatic carbocycles. The van der Waals surface area contributed by atoms with Crippen molar-refractivity contribution < 1.29 is 14.0 Å². The van der Waals surface area contributed by atoms with Gasteiger partial charge in [-0.15, -0.1) is 0 Å². The van der Waals surface area contributed by atoms with Crippen molar-refractivity contribution in [2.24, 2.45) is 0 Å². The molecule has 0 saturated carbocycles. The lowest BCUT2D eigenvalue weighted by atomic mass is 10.0. The van der Waals surface area contributed by atoms with Gasteiger partial charge in [-0.05, 0) is 42.3 Å². The van der Waals surface area contributed by atoms with Crippen LogP contribution in [0.5, 0.6) is 0 Å². The van der Waals surface area contributed by atoms with Crippen molar-refractivity contribution in [1.82, 2.24) is 4.90 Å². The van der Waals surface area contributed by atoms with Crippen LogP contribution in [0.3, 0.4) is 0 Å². The van der Waals surface area contributed by atoms with Crippen molar-refractivity contribution >= 4 is 34.7 Å². The highest BCUT2D eigenvalue weighted by molar-refractivity contribution is 6.36. The Morgan fingerprint density at radius 1 is 0.900 bits per heavy atom. The number of nitrogens with one attached hydrogen (secondary N) is 1. The Balaban J connectivity index is 1.77. The number of imide groups is 1. The van der Waals surface area contributed by atoms with Gasteiger partial charge in [0.05, 0.1) is 12.1 Å². The van der Waals surface area contributed by atoms with E-state index in [-0.39, 0.29) is 23.4 Å². The predicted octanol–water partition coefficient (Wildman–Crippen LogP) is 5.18. The molecule has 0 spiro atoms. The maximum absolute atomic E-state index is 14.2. The van der Waals surface area contributed by atoms with Gasteiger partial charge in [0.2, 0.25) is 0 Å². The summed E-state index contributed by atoms with van der Waals surface area (Å²) >= 11 is 5.99. The van der Waals surface area contributed by atoms with Crippen LogP contribution >= 0.6 is 11.6 Å². The number of halogens is 2. The Morgan fingerprint density at radius 3 is 2.27 bits per heavy atom. The maximum Gasteiger partial charge on any atom is 0.278 e. The van der Waals surface area contributed by atoms with Crippen LogP contribution in [0.1, 0.15) is 16.7 Å². The molecular formula is C24H18ClFN2O2. The van der Waals surface area contributed by atoms with Crippen molar-refractivity contribution in [1.29, 1.82) is 0 Å². The minimum atomic E-state index is -0.503. The number of amides is 2. The Morgan fingerprint density at radius 2 is 1.57 bits per heavy atom. The van der Waals surface area contributed by atoms with Crippen LogP contribution < -0.4 is 5.32 Å². The van der Waals surface area contributed by atoms with Gasteiger partial charge in [0.1, 0.15) is 11.5 Å². The maximum atomic E-state index is 14.2. The van der Waals surface area contributed by atoms with Gasteiger partial charge in [-0.25, -0.2) is 4.39 Å². The first kappa shape index (κ1) is 19.9. The van der Waals surface area contributed by atoms with Crippen molar-refractivity contribution in [3.8, 4) is 0 Å². The molecule has 0 aromatic heterocycles. The third-order valence-electron chi connectivity index (χ3n) is 4.99. The predicted molar refractivity (Wildman–Crippen MR) is 115 cm³/mol. The van der Waals surface area contributed by atoms with Crippen LogP contribution in [-0.2, 0) is 16.1 Å². The minimum Gasteiger partial charge on any atom is -0.350 e. The number of hydrogen-bond donors (Lipinski definition) is 1. The van der Waals surface area contributed by atoms with Gasteiger partial charge in [-0.3, -0.25) is 14.5 Å². The summed E-state index contributed by atoms with van der Waals surface area (Å²) in [6, 6.07) is 20.3. The quantitative estimate of drug-likeness (QED) is 0.578. The topological polar surface area (TPSA) is 49.4 Å². The largest absolute Gasteiger partial charge is 0.350 e. The van der Waals surface area contributed by atoms with E-state index in [1.807, 2.05) is 31.2 Å². The highest BCUT2D eigenvalue weighted by Crippen LogP contribution is 2.33. The van der Waals surface area contributed by atoms with Gasteiger partial charge in [-0.2, -0.15) is 0 Å². The lowest BCUT2D eigenvalue weighted by Gasteiger charge is -2.16. The third kappa shape index (κ3) is 3.72. The molecule has 1 heterocycles. The average molecular weight is 421 g/mol. The average Bonchev–Trinajstić information content (AvgIpc) is 2.96. The number of carbonyl (C=O) groups excluding carboxylic acids is 2. The number of para-hydroxylation sites is 1. The Labute approximate surface area is 178 Å². The lowest BCUT2D eigenvalue weighted by molar-refractivity contribution is -0.137. The van der Waals surface area contributed by atoms with Crippen molar-refractivity contribution in [3.05, 3.63) is 106 Å². The molecule has 2 amide bonds. The fraction of sp³-hybridized carbons (Fsp3) is 0.0833. The summed E-state index contributed by atoms with van der Waals surface area (Å²) in [7, 11) is 0. The molecule has 150 valence electrons. The number of carbonyl (C=O) groups is 2. The molecule has 1 aliphatic rings. The van der Waals surface area contributed by atoms with E-state index in [0.29, 0.717) is 16.3 Å². The molecule has 3 aromatic rings. The fourth-order valence-electron chi connectivity index (χ4n) is 3.36. The molecule has 0 saturated heterocycles. The zero-order chi connectivity index (χ0) is 21.3. The highest BCUT2D eigenvalue weighted by atomic mass is 35.5. The van der Waals surface area contributed by atoms with E-state index in [4.69, 9.17) is 11.6 Å². The molecule has 4 nitrogen and oxygen atoms in total. The number of benzene rings is 3. The van der Waals surface area contributed by atoms with Crippen molar-refractivity contribution in [3.63, 3.8) is 0 Å². The van der Waals surface area contributed by atoms with Crippen LogP contribution in [-0.4, -0.2) is 16.7 Å². The normalized spacial score (nSPS) is 13.9. The summed E-state index contributed by atoms with van der Waals surface area (Å²) in [6.45, 7) is 1.75. The number of hydrogen-bond acceptors (Lipinski definition) is 3. The van der Waals surface area contributed by atoms with Gasteiger partial charge in [0.15, 0.2) is 0 Å². The molecule has 0 unspecified atom stereocenters. The van der Waals surface area contributed by atoms with E-state index in [1.54, 1.807) is 42.5 Å². The van der Waals surface area contributed by atoms with Gasteiger partial charge in [-0.1, -0.05) is 60.1 Å². The Hall–Kier alpha value is -3.44. The summed E-state index contributed by atoms with van der Waals surface area (Å²) in [5.41, 5.74) is 2.86. The van der Waals surface area contributed by atoms with Crippen LogP contribution in [0, 0.1) is 12.7 Å². The van der Waals surface area contributed by atoms with Gasteiger partial charge in [0.25, 0.3) is 11.8 Å². The SMILES string of the molecule is Cc1ccccc1NC1=C(c2ccc(Cl)cc2)C(=O)N(Cc2ccccc2F)C1=O. The summed E-state index contributed by atoms with van der Waals surface area (Å²) in [6.07, 6.45) is 0. The molecule has 30 heavy (non-hydrogen) atoms. The van der Waals surface area contributed by atoms with E-state index in [9.17, 15) is 14.0 Å². The van der Waals surface area contributed by atoms with E-state index >= 15 is 0 Å². The summed E-state index contributed by atoms with van der Waals surface area (Å²) in [5.74, 6) is -1.45. The molecule has 0 aliphatic carbocycles. The monoisotopic (exact) mass is 420 g/mol. The molecule has 1 aliphatic heterocycles. The van der Waals surface area contributed by atoms with Crippen LogP contribution in [0.4, 0.5) is 10.1 Å². The highest BCUT2D eigenvalue weighted by Gasteiger charge is 2.39. The summed E-state index contributed by atoms with van der Waals surface area (Å²) < 4.78 is 14.2. The first-order valence-electron chi connectivity index (χ1n) is 9.38. The second-order valence-corrected chi connectivity index (χ2v) is 7.42. The molecule has 4 rings (SSSR count). The Kier molecular flexibility index (Phi) is 5.38. The minimum absolute atomic E-state index is 0.152. The molecule has 0 bridgehead atoms. The first-order valence-corrected chi connectivity index (χ1v) is 9.76. The Bertz CT molecular complexity index is 1170. The van der Waals surface area contributed by atoms with E-state index in [2.05, 4.69) is 5.32 Å². The number of nitrogens with zero attached hydrogens (tertiary/aromatic N) is 1. The summed E-state index contributed by atoms with van der Waals surface area (Å²) in [4.78, 5) is 27.5. The van der Waals surface area contributed by atoms with Crippen LogP contribution in [0.25, 0.3) is 5.57 Å². The zero-order valence-corrected chi connectivity index (χ0v) is 16.9. The molecule has 0 fully saturated rings. The molecular weight excluding hydrogens is 403 g/mol. The number of rotatable bonds is 5. The second kappa shape index (κ2) is 8.13. The molecule has 0 radical (unpaired) electrons. The standard InChI is InChI=1S/C24H18ClFN2O2/c1-15-6-2-5-9-20(15)27-22-21(16-10-12-18(25)13-11-16)23(29)28(24(22)30)14-17-7-3-4-8-19(17)26/h2-13,27H,14H2,1H3. The molecule has 0 atom stereocenters. The van der Waals surface area contributed by atoms with E-state index in [0.717, 1.165) is 10.5 Å². The second-order valence-electron chi connectivity index (χ2n) is 6.98. The fourth-order valence-corrected chi connectivity index (χ4v) is 3.49. The lowest BCUT2D eigenvalue weighted by Crippen LogP contribution is -2.32. The van der Waals surface area contributed by atoms with E-state index < -0.39 is 17.6 Å². The van der Waals surface area contributed by atoms with E-state index in [1.165, 1.54) is 6.07 Å². The third-order valence-corrected chi connectivity index (χ3v) is 5.24. The summed E-state index contributed by atoms with van der Waals surface area (Å²) in [5, 5.41) is 3.64. The first-order chi connectivity index (χ1) is 14.5. The molecule has 1 N–H and O–H groups in total.